The number of carboxylic acid groups (broad SMARTS) is 1. The molecule has 2 aliphatic rings. The van der Waals surface area contributed by atoms with Crippen LogP contribution in [0.5, 0.6) is 0 Å². The summed E-state index contributed by atoms with van der Waals surface area (Å²) in [5.74, 6) is 0.234. The second-order valence-electron chi connectivity index (χ2n) is 7.91. The molecular weight excluding hydrogens is 312 g/mol. The van der Waals surface area contributed by atoms with Crippen molar-refractivity contribution in [3.63, 3.8) is 0 Å². The fraction of sp³-hybridized carbons (Fsp3) is 0.667. The van der Waals surface area contributed by atoms with Crippen molar-refractivity contribution in [1.29, 1.82) is 0 Å². The standard InChI is InChI=1S/C18H25NO2.C3H9N/c20-18(21)17(15-9-5-2-6-10-15)19-12-11-16(13-19)14-7-3-1-4-8-14;1-4(2)3/h1,3-4,7-8,15-17H,2,5-6,9-13H2,(H,20,21);1-3H3. The largest absolute Gasteiger partial charge is 0.480 e. The van der Waals surface area contributed by atoms with Crippen LogP contribution in [0, 0.1) is 5.92 Å². The summed E-state index contributed by atoms with van der Waals surface area (Å²) in [6.45, 7) is 1.82. The van der Waals surface area contributed by atoms with Crippen LogP contribution in [0.25, 0.3) is 0 Å². The first-order valence-electron chi connectivity index (χ1n) is 9.61. The van der Waals surface area contributed by atoms with Gasteiger partial charge in [-0.3, -0.25) is 9.69 Å². The lowest BCUT2D eigenvalue weighted by Crippen LogP contribution is -2.45. The summed E-state index contributed by atoms with van der Waals surface area (Å²) >= 11 is 0. The monoisotopic (exact) mass is 346 g/mol. The Morgan fingerprint density at radius 2 is 1.68 bits per heavy atom. The minimum Gasteiger partial charge on any atom is -0.480 e. The average molecular weight is 347 g/mol. The maximum Gasteiger partial charge on any atom is 0.321 e. The second-order valence-corrected chi connectivity index (χ2v) is 7.91. The first kappa shape index (κ1) is 19.9. The van der Waals surface area contributed by atoms with E-state index in [4.69, 9.17) is 0 Å². The molecule has 1 aromatic carbocycles. The molecule has 0 spiro atoms. The summed E-state index contributed by atoms with van der Waals surface area (Å²) in [6, 6.07) is 10.3. The van der Waals surface area contributed by atoms with E-state index < -0.39 is 5.97 Å². The molecule has 0 bridgehead atoms. The normalized spacial score (nSPS) is 23.1. The molecule has 140 valence electrons. The quantitative estimate of drug-likeness (QED) is 0.903. The Balaban J connectivity index is 0.000000511. The highest BCUT2D eigenvalue weighted by atomic mass is 16.4. The maximum absolute atomic E-state index is 11.8. The Morgan fingerprint density at radius 3 is 2.24 bits per heavy atom. The summed E-state index contributed by atoms with van der Waals surface area (Å²) in [5.41, 5.74) is 1.35. The summed E-state index contributed by atoms with van der Waals surface area (Å²) in [4.78, 5) is 16.0. The average Bonchev–Trinajstić information content (AvgIpc) is 3.05. The second kappa shape index (κ2) is 9.93. The molecule has 0 aromatic heterocycles. The van der Waals surface area contributed by atoms with Gasteiger partial charge in [0.1, 0.15) is 6.04 Å². The highest BCUT2D eigenvalue weighted by Gasteiger charge is 2.38. The Hall–Kier alpha value is -1.39. The summed E-state index contributed by atoms with van der Waals surface area (Å²) in [5, 5.41) is 9.70. The zero-order chi connectivity index (χ0) is 18.2. The first-order valence-corrected chi connectivity index (χ1v) is 9.61. The molecule has 2 fully saturated rings. The number of aliphatic carboxylic acids is 1. The van der Waals surface area contributed by atoms with Crippen molar-refractivity contribution in [2.24, 2.45) is 5.92 Å². The third kappa shape index (κ3) is 6.12. The minimum atomic E-state index is -0.615. The van der Waals surface area contributed by atoms with Crippen molar-refractivity contribution in [2.45, 2.75) is 50.5 Å². The molecule has 2 atom stereocenters. The van der Waals surface area contributed by atoms with E-state index in [-0.39, 0.29) is 6.04 Å². The van der Waals surface area contributed by atoms with E-state index in [1.165, 1.54) is 24.8 Å². The Labute approximate surface area is 152 Å². The number of carboxylic acids is 1. The minimum absolute atomic E-state index is 0.265. The van der Waals surface area contributed by atoms with Crippen LogP contribution in [0.4, 0.5) is 0 Å². The molecule has 0 amide bonds. The van der Waals surface area contributed by atoms with E-state index in [9.17, 15) is 9.90 Å². The van der Waals surface area contributed by atoms with Gasteiger partial charge in [0.2, 0.25) is 0 Å². The molecule has 1 aliphatic heterocycles. The molecule has 4 nitrogen and oxygen atoms in total. The van der Waals surface area contributed by atoms with Gasteiger partial charge in [0.05, 0.1) is 0 Å². The van der Waals surface area contributed by atoms with Crippen LogP contribution in [-0.4, -0.2) is 61.2 Å². The smallest absolute Gasteiger partial charge is 0.321 e. The SMILES string of the molecule is CN(C)C.O=C(O)C(C1CCCCC1)N1CCC(c2ccccc2)C1. The number of hydrogen-bond acceptors (Lipinski definition) is 3. The molecule has 3 rings (SSSR count). The van der Waals surface area contributed by atoms with E-state index in [1.54, 1.807) is 0 Å². The molecule has 1 heterocycles. The van der Waals surface area contributed by atoms with Gasteiger partial charge in [-0.1, -0.05) is 49.6 Å². The van der Waals surface area contributed by atoms with Crippen LogP contribution in [0.2, 0.25) is 0 Å². The fourth-order valence-corrected chi connectivity index (χ4v) is 4.14. The van der Waals surface area contributed by atoms with E-state index in [0.717, 1.165) is 32.4 Å². The predicted molar refractivity (Wildman–Crippen MR) is 103 cm³/mol. The summed E-state index contributed by atoms with van der Waals surface area (Å²) in [7, 11) is 6.00. The van der Waals surface area contributed by atoms with Crippen LogP contribution in [0.1, 0.15) is 50.0 Å². The number of likely N-dealkylation sites (tertiary alicyclic amines) is 1. The van der Waals surface area contributed by atoms with Gasteiger partial charge in [0, 0.05) is 6.54 Å². The molecule has 4 heteroatoms. The van der Waals surface area contributed by atoms with Crippen LogP contribution in [-0.2, 0) is 4.79 Å². The van der Waals surface area contributed by atoms with Gasteiger partial charge in [0.15, 0.2) is 0 Å². The molecule has 0 radical (unpaired) electrons. The maximum atomic E-state index is 11.8. The van der Waals surface area contributed by atoms with Crippen molar-refractivity contribution in [3.8, 4) is 0 Å². The zero-order valence-electron chi connectivity index (χ0n) is 16.0. The molecule has 2 unspecified atom stereocenters. The summed E-state index contributed by atoms with van der Waals surface area (Å²) in [6.07, 6.45) is 6.93. The predicted octanol–water partition coefficient (Wildman–Crippen LogP) is 3.69. The van der Waals surface area contributed by atoms with Gasteiger partial charge in [-0.25, -0.2) is 0 Å². The van der Waals surface area contributed by atoms with Crippen molar-refractivity contribution in [2.75, 3.05) is 34.2 Å². The van der Waals surface area contributed by atoms with Gasteiger partial charge in [-0.15, -0.1) is 0 Å². The Morgan fingerprint density at radius 1 is 1.08 bits per heavy atom. The van der Waals surface area contributed by atoms with Crippen molar-refractivity contribution in [1.82, 2.24) is 9.80 Å². The lowest BCUT2D eigenvalue weighted by atomic mass is 9.83. The van der Waals surface area contributed by atoms with Gasteiger partial charge in [-0.2, -0.15) is 0 Å². The molecule has 1 N–H and O–H groups in total. The van der Waals surface area contributed by atoms with Crippen LogP contribution < -0.4 is 0 Å². The number of hydrogen-bond donors (Lipinski definition) is 1. The Bertz CT molecular complexity index is 509. The summed E-state index contributed by atoms with van der Waals surface area (Å²) < 4.78 is 0. The molecule has 1 aromatic rings. The van der Waals surface area contributed by atoms with E-state index in [1.807, 2.05) is 32.1 Å². The van der Waals surface area contributed by atoms with Crippen LogP contribution >= 0.6 is 0 Å². The highest BCUT2D eigenvalue weighted by Crippen LogP contribution is 2.34. The molecule has 1 saturated carbocycles. The molecule has 1 aliphatic carbocycles. The zero-order valence-corrected chi connectivity index (χ0v) is 16.0. The topological polar surface area (TPSA) is 43.8 Å². The van der Waals surface area contributed by atoms with E-state index in [0.29, 0.717) is 11.8 Å². The molecule has 25 heavy (non-hydrogen) atoms. The van der Waals surface area contributed by atoms with Crippen molar-refractivity contribution >= 4 is 5.97 Å². The number of benzene rings is 1. The fourth-order valence-electron chi connectivity index (χ4n) is 4.14. The van der Waals surface area contributed by atoms with Crippen LogP contribution in [0.15, 0.2) is 30.3 Å². The van der Waals surface area contributed by atoms with Gasteiger partial charge in [-0.05, 0) is 64.3 Å². The third-order valence-electron chi connectivity index (χ3n) is 5.23. The number of rotatable bonds is 4. The molecule has 1 saturated heterocycles. The lowest BCUT2D eigenvalue weighted by molar-refractivity contribution is -0.145. The highest BCUT2D eigenvalue weighted by molar-refractivity contribution is 5.74. The van der Waals surface area contributed by atoms with E-state index in [2.05, 4.69) is 29.2 Å². The number of nitrogens with zero attached hydrogens (tertiary/aromatic N) is 2. The van der Waals surface area contributed by atoms with Crippen molar-refractivity contribution in [3.05, 3.63) is 35.9 Å². The Kier molecular flexibility index (Phi) is 7.91. The number of carbonyl (C=O) groups is 1. The molecular formula is C21H34N2O2. The van der Waals surface area contributed by atoms with Gasteiger partial charge >= 0.3 is 5.97 Å². The first-order chi connectivity index (χ1) is 12.0. The van der Waals surface area contributed by atoms with Gasteiger partial charge < -0.3 is 10.0 Å². The van der Waals surface area contributed by atoms with E-state index >= 15 is 0 Å². The third-order valence-corrected chi connectivity index (χ3v) is 5.23. The van der Waals surface area contributed by atoms with Crippen molar-refractivity contribution < 1.29 is 9.90 Å². The van der Waals surface area contributed by atoms with Gasteiger partial charge in [0.25, 0.3) is 0 Å². The van der Waals surface area contributed by atoms with Crippen LogP contribution in [0.3, 0.4) is 0 Å². The lowest BCUT2D eigenvalue weighted by Gasteiger charge is -2.33.